The fraction of sp³-hybridized carbons (Fsp3) is 0.857. The van der Waals surface area contributed by atoms with E-state index in [0.717, 1.165) is 12.2 Å². The lowest BCUT2D eigenvalue weighted by Gasteiger charge is -2.53. The van der Waals surface area contributed by atoms with Gasteiger partial charge in [-0.1, -0.05) is 18.2 Å². The van der Waals surface area contributed by atoms with Gasteiger partial charge in [-0.25, -0.2) is 14.4 Å². The number of aliphatic hydroxyl groups excluding tert-OH is 19. The number of carbonyl (C=O) groups excluding carboxylic acids is 4. The Morgan fingerprint density at radius 3 is 1.39 bits per heavy atom. The first-order valence-corrected chi connectivity index (χ1v) is 40.8. The lowest BCUT2D eigenvalue weighted by molar-refractivity contribution is -0.380. The number of aliphatic carboxylic acids is 1. The maximum Gasteiger partial charge on any atom is 0.330 e. The van der Waals surface area contributed by atoms with Crippen molar-refractivity contribution in [3.8, 4) is 0 Å². The first-order chi connectivity index (χ1) is 56.7. The van der Waals surface area contributed by atoms with Crippen LogP contribution in [0.4, 0.5) is 0 Å². The number of allylic oxidation sites excluding steroid dienone is 3. The van der Waals surface area contributed by atoms with Gasteiger partial charge in [0.1, 0.15) is 142 Å². The van der Waals surface area contributed by atoms with Crippen LogP contribution in [0, 0.1) is 29.6 Å². The van der Waals surface area contributed by atoms with E-state index < -0.39 is 308 Å². The molecule has 15 unspecified atom stereocenters. The molecular weight excluding hydrogens is 1600 g/mol. The van der Waals surface area contributed by atoms with Crippen molar-refractivity contribution in [1.82, 2.24) is 0 Å². The molecule has 6 aliphatic heterocycles. The molecule has 0 aromatic carbocycles. The van der Waals surface area contributed by atoms with Gasteiger partial charge in [-0.3, -0.25) is 9.59 Å². The number of esters is 4. The van der Waals surface area contributed by atoms with Crippen LogP contribution in [0.2, 0.25) is 0 Å². The Kier molecular flexibility index (Phi) is 34.7. The van der Waals surface area contributed by atoms with Gasteiger partial charge in [0.15, 0.2) is 37.6 Å². The highest BCUT2D eigenvalue weighted by atomic mass is 16.8. The number of fused-ring (bicyclic) bond motifs is 1. The van der Waals surface area contributed by atoms with E-state index in [2.05, 4.69) is 0 Å². The van der Waals surface area contributed by atoms with E-state index in [9.17, 15) is 121 Å². The van der Waals surface area contributed by atoms with E-state index in [0.29, 0.717) is 64.2 Å². The maximum absolute atomic E-state index is 13.7. The van der Waals surface area contributed by atoms with Crippen molar-refractivity contribution < 1.29 is 207 Å². The van der Waals surface area contributed by atoms with Crippen LogP contribution in [0.15, 0.2) is 36.5 Å². The third-order valence-corrected chi connectivity index (χ3v) is 24.8. The summed E-state index contributed by atoms with van der Waals surface area (Å²) in [5.41, 5.74) is 0. The number of methoxy groups -OCH3 is 2. The summed E-state index contributed by atoms with van der Waals surface area (Å²) in [6.07, 6.45) is -45.2. The van der Waals surface area contributed by atoms with Gasteiger partial charge in [0.2, 0.25) is 0 Å². The Hall–Kier alpha value is -4.71. The molecule has 42 heteroatoms. The van der Waals surface area contributed by atoms with E-state index in [1.165, 1.54) is 26.4 Å². The van der Waals surface area contributed by atoms with Crippen LogP contribution < -0.4 is 0 Å². The molecule has 5 saturated carbocycles. The van der Waals surface area contributed by atoms with E-state index in [1.54, 1.807) is 12.2 Å². The molecule has 11 rings (SSSR count). The molecule has 6 heterocycles. The van der Waals surface area contributed by atoms with Crippen LogP contribution >= 0.6 is 0 Å². The predicted molar refractivity (Wildman–Crippen MR) is 388 cm³/mol. The molecular formula is C77H118O42. The highest BCUT2D eigenvalue weighted by Crippen LogP contribution is 2.47. The van der Waals surface area contributed by atoms with Gasteiger partial charge in [-0.15, -0.1) is 0 Å². The monoisotopic (exact) mass is 1710 g/mol. The standard InChI is InChI=1S/C77H118O42/c1-103-44-19-32(5-13-39(44)82)9-18-55(88)118-71-65(98)58(91)48(27-79)114-77(71)119-72-66(99)61(94)51(117-76(72)112-46-24-37-42(109-70(46)34-10-14-38(81)40(83)21-34)22-35(80)23-43(37)111-75-69(102)64(97)60(93)50(116-75)30-107-56(89)25-52(84)85)29-106-53(86)16-7-31-3-11-36(12-4-31)108-73-67(100)63(96)59(92)49(115-73)28-105-54(87)17-8-33-6-15-41(45(20-33)104-2)110-74-68(101)62(95)57(90)47(26-78)113-74/h7-9,16-18,31-51,57-83,90-102H,3-6,10-15,19-30H2,1-2H3,(H,84,85)/t31?,32?,33?,34?,35?,36?,37?,38?,39?,40?,41?,42?,43?,44?,45?,46?,47-,48-,49-,50-,51-,57-,58-,59-,60-,61-,62+,63+,64+,65+,66+,67-,68-,69-,70?,71-,72-,73-,74-,75-,76-,77+/m1/s1. The molecule has 11 fully saturated rings. The number of rotatable bonds is 30. The molecule has 20 N–H and O–H groups in total. The lowest BCUT2D eigenvalue weighted by atomic mass is 9.72. The van der Waals surface area contributed by atoms with Gasteiger partial charge in [0, 0.05) is 44.8 Å². The van der Waals surface area contributed by atoms with E-state index in [1.807, 2.05) is 0 Å². The molecule has 678 valence electrons. The third kappa shape index (κ3) is 23.9. The number of carboxylic acids is 1. The Balaban J connectivity index is 0.747. The molecule has 0 spiro atoms. The fourth-order valence-corrected chi connectivity index (χ4v) is 17.8. The number of ether oxygens (including phenoxy) is 17. The Labute approximate surface area is 683 Å². The van der Waals surface area contributed by atoms with Gasteiger partial charge in [0.25, 0.3) is 0 Å². The molecule has 0 bridgehead atoms. The van der Waals surface area contributed by atoms with Crippen LogP contribution in [0.25, 0.3) is 0 Å². The topological polar surface area (TPSA) is 647 Å². The molecule has 119 heavy (non-hydrogen) atoms. The largest absolute Gasteiger partial charge is 0.481 e. The van der Waals surface area contributed by atoms with Crippen LogP contribution in [0.5, 0.6) is 0 Å². The first kappa shape index (κ1) is 95.0. The molecule has 42 nitrogen and oxygen atoms in total. The number of aliphatic hydroxyl groups is 19. The molecule has 11 aliphatic rings. The van der Waals surface area contributed by atoms with Crippen molar-refractivity contribution in [2.45, 2.75) is 336 Å². The van der Waals surface area contributed by atoms with Crippen molar-refractivity contribution in [2.24, 2.45) is 29.6 Å². The van der Waals surface area contributed by atoms with Crippen molar-refractivity contribution >= 4 is 29.8 Å². The summed E-state index contributed by atoms with van der Waals surface area (Å²) in [6.45, 7) is -3.77. The van der Waals surface area contributed by atoms with Crippen LogP contribution in [0.1, 0.15) is 109 Å². The Morgan fingerprint density at radius 2 is 0.815 bits per heavy atom. The van der Waals surface area contributed by atoms with Gasteiger partial charge < -0.3 is 183 Å². The number of hydrogen-bond acceptors (Lipinski definition) is 41. The van der Waals surface area contributed by atoms with Crippen molar-refractivity contribution in [1.29, 1.82) is 0 Å². The second-order valence-electron chi connectivity index (χ2n) is 32.9. The summed E-state index contributed by atoms with van der Waals surface area (Å²) < 4.78 is 101. The quantitative estimate of drug-likeness (QED) is 0.0137. The highest BCUT2D eigenvalue weighted by Gasteiger charge is 2.58. The molecule has 5 aliphatic carbocycles. The normalized spacial score (nSPS) is 46.3. The van der Waals surface area contributed by atoms with Crippen LogP contribution in [0.3, 0.4) is 0 Å². The average Bonchev–Trinajstić information content (AvgIpc) is 0.763. The predicted octanol–water partition coefficient (Wildman–Crippen LogP) is -7.47. The smallest absolute Gasteiger partial charge is 0.330 e. The Bertz CT molecular complexity index is 3310. The van der Waals surface area contributed by atoms with Crippen LogP contribution in [-0.4, -0.2) is 406 Å². The summed E-state index contributed by atoms with van der Waals surface area (Å²) in [5.74, 6) is -7.98. The molecule has 0 amide bonds. The SMILES string of the molecule is COC1CC(C=CC(=O)O[C@H]2[C@H](O[C@H]3[C@H](OC4CC5C(CC(O)CC5O[C@@H]5O[C@H](COC(=O)CC(=O)O)[C@@H](O)[C@H](O)[C@H]5O)OC4C4CCC(O)C(O)C4)O[C@H](COC(=O)C=CC4CCC(O[C@@H]5O[C@H](COC(=O)C=CC6CCC(O[C@@H]7O[C@H](CO)[C@@H](O)[C@H](O)[C@H]7O)C(OC)C6)[C@@H](O)[C@H](O)[C@H]5O)CC4)[C@@H](O)[C@@H]3O)O[C@H](CO)[C@@H](O)[C@@H]2O)CCC1O. The van der Waals surface area contributed by atoms with Crippen molar-refractivity contribution in [2.75, 3.05) is 47.3 Å². The van der Waals surface area contributed by atoms with Gasteiger partial charge in [-0.2, -0.15) is 0 Å². The minimum absolute atomic E-state index is 0.0432. The number of hydrogen-bond donors (Lipinski definition) is 20. The molecule has 0 aromatic rings. The zero-order chi connectivity index (χ0) is 86.0. The van der Waals surface area contributed by atoms with Crippen molar-refractivity contribution in [3.05, 3.63) is 36.5 Å². The minimum Gasteiger partial charge on any atom is -0.481 e. The van der Waals surface area contributed by atoms with E-state index >= 15 is 0 Å². The lowest BCUT2D eigenvalue weighted by Crippen LogP contribution is -2.66. The number of carbonyl (C=O) groups is 5. The second kappa shape index (κ2) is 43.5. The molecule has 0 aromatic heterocycles. The average molecular weight is 1720 g/mol. The van der Waals surface area contributed by atoms with E-state index in [-0.39, 0.29) is 56.3 Å². The molecule has 6 saturated heterocycles. The summed E-state index contributed by atoms with van der Waals surface area (Å²) in [6, 6.07) is 0. The van der Waals surface area contributed by atoms with Crippen LogP contribution in [-0.2, 0) is 104 Å². The summed E-state index contributed by atoms with van der Waals surface area (Å²) in [7, 11) is 2.87. The highest BCUT2D eigenvalue weighted by molar-refractivity contribution is 5.90. The molecule has 40 atom stereocenters. The maximum atomic E-state index is 13.7. The first-order valence-electron chi connectivity index (χ1n) is 40.8. The summed E-state index contributed by atoms with van der Waals surface area (Å²) in [5, 5.41) is 217. The van der Waals surface area contributed by atoms with E-state index in [4.69, 9.17) is 85.6 Å². The summed E-state index contributed by atoms with van der Waals surface area (Å²) in [4.78, 5) is 63.9. The van der Waals surface area contributed by atoms with Gasteiger partial charge in [-0.05, 0) is 120 Å². The van der Waals surface area contributed by atoms with Gasteiger partial charge in [0.05, 0.1) is 86.5 Å². The summed E-state index contributed by atoms with van der Waals surface area (Å²) >= 11 is 0. The zero-order valence-electron chi connectivity index (χ0n) is 65.7. The fourth-order valence-electron chi connectivity index (χ4n) is 17.8. The molecule has 0 radical (unpaired) electrons. The number of carboxylic acid groups (broad SMARTS) is 1. The Morgan fingerprint density at radius 1 is 0.361 bits per heavy atom. The second-order valence-corrected chi connectivity index (χ2v) is 32.9. The third-order valence-electron chi connectivity index (χ3n) is 24.8. The van der Waals surface area contributed by atoms with Crippen molar-refractivity contribution in [3.63, 3.8) is 0 Å². The minimum atomic E-state index is -2.18. The van der Waals surface area contributed by atoms with Gasteiger partial charge >= 0.3 is 29.8 Å². The zero-order valence-corrected chi connectivity index (χ0v) is 65.7.